The number of alkyl halides is 2. The molecular weight excluding hydrogens is 722 g/mol. The highest BCUT2D eigenvalue weighted by Crippen LogP contribution is 2.36. The lowest BCUT2D eigenvalue weighted by atomic mass is 10.1. The number of benzene rings is 2. The molecule has 198 valence electrons. The van der Waals surface area contributed by atoms with Crippen LogP contribution in [0.4, 0.5) is 0 Å². The SMILES string of the molecule is C[n+]1ccc(SC(I)CCCCCCCCC(I)Sc2cc[n+](C)c3ccccc23)c2ccccc21.O. The number of unbranched alkanes of at least 4 members (excludes halogenated alkanes) is 5. The summed E-state index contributed by atoms with van der Waals surface area (Å²) in [5.41, 5.74) is 2.62. The van der Waals surface area contributed by atoms with E-state index in [-0.39, 0.29) is 5.48 Å². The molecule has 2 atom stereocenters. The van der Waals surface area contributed by atoms with Gasteiger partial charge in [-0.3, -0.25) is 0 Å². The first kappa shape index (κ1) is 30.9. The average Bonchev–Trinajstić information content (AvgIpc) is 2.89. The number of hydrogen-bond acceptors (Lipinski definition) is 2. The Morgan fingerprint density at radius 2 is 0.973 bits per heavy atom. The molecule has 0 aliphatic heterocycles. The van der Waals surface area contributed by atoms with Crippen molar-refractivity contribution in [3.8, 4) is 0 Å². The third-order valence-electron chi connectivity index (χ3n) is 6.62. The van der Waals surface area contributed by atoms with Gasteiger partial charge in [-0.25, -0.2) is 9.13 Å². The normalized spacial score (nSPS) is 13.0. The average molecular weight is 761 g/mol. The number of nitrogens with zero attached hydrogens (tertiary/aromatic N) is 2. The van der Waals surface area contributed by atoms with Crippen LogP contribution in [0.15, 0.2) is 82.8 Å². The van der Waals surface area contributed by atoms with Crippen LogP contribution in [-0.4, -0.2) is 12.0 Å². The number of fused-ring (bicyclic) bond motifs is 2. The van der Waals surface area contributed by atoms with E-state index in [1.54, 1.807) is 0 Å². The monoisotopic (exact) mass is 760 g/mol. The Morgan fingerprint density at radius 3 is 1.41 bits per heavy atom. The van der Waals surface area contributed by atoms with E-state index in [0.717, 1.165) is 0 Å². The highest BCUT2D eigenvalue weighted by molar-refractivity contribution is 14.1. The van der Waals surface area contributed by atoms with E-state index < -0.39 is 0 Å². The highest BCUT2D eigenvalue weighted by Gasteiger charge is 2.14. The van der Waals surface area contributed by atoms with Crippen LogP contribution in [0.1, 0.15) is 51.4 Å². The highest BCUT2D eigenvalue weighted by atomic mass is 127. The number of pyridine rings is 2. The van der Waals surface area contributed by atoms with Gasteiger partial charge in [0.05, 0.1) is 17.3 Å². The summed E-state index contributed by atoms with van der Waals surface area (Å²) in [7, 11) is 4.25. The van der Waals surface area contributed by atoms with Gasteiger partial charge in [0.2, 0.25) is 11.0 Å². The molecular formula is C30H38I2N2OS2+2. The lowest BCUT2D eigenvalue weighted by Gasteiger charge is -2.12. The van der Waals surface area contributed by atoms with E-state index in [4.69, 9.17) is 0 Å². The lowest BCUT2D eigenvalue weighted by molar-refractivity contribution is -0.645. The molecule has 0 fully saturated rings. The van der Waals surface area contributed by atoms with Gasteiger partial charge in [0, 0.05) is 34.1 Å². The van der Waals surface area contributed by atoms with E-state index in [1.165, 1.54) is 83.0 Å². The number of hydrogen-bond donors (Lipinski definition) is 0. The minimum absolute atomic E-state index is 0. The topological polar surface area (TPSA) is 39.3 Å². The molecule has 2 N–H and O–H groups in total. The second-order valence-electron chi connectivity index (χ2n) is 9.37. The maximum atomic E-state index is 2.64. The molecule has 0 radical (unpaired) electrons. The van der Waals surface area contributed by atoms with Gasteiger partial charge >= 0.3 is 0 Å². The number of aromatic nitrogens is 2. The van der Waals surface area contributed by atoms with Crippen LogP contribution >= 0.6 is 68.7 Å². The zero-order valence-corrected chi connectivity index (χ0v) is 27.7. The predicted molar refractivity (Wildman–Crippen MR) is 178 cm³/mol. The molecule has 37 heavy (non-hydrogen) atoms. The summed E-state index contributed by atoms with van der Waals surface area (Å²) in [6.45, 7) is 0. The Bertz CT molecular complexity index is 1190. The molecule has 0 spiro atoms. The zero-order valence-electron chi connectivity index (χ0n) is 21.7. The van der Waals surface area contributed by atoms with Crippen LogP contribution in [0.25, 0.3) is 21.8 Å². The van der Waals surface area contributed by atoms with E-state index in [1.807, 2.05) is 23.5 Å². The smallest absolute Gasteiger partial charge is 0.213 e. The molecule has 0 saturated heterocycles. The molecule has 2 heterocycles. The molecule has 0 bridgehead atoms. The molecule has 0 aliphatic carbocycles. The molecule has 2 aromatic carbocycles. The summed E-state index contributed by atoms with van der Waals surface area (Å²) in [4.78, 5) is 2.82. The van der Waals surface area contributed by atoms with Crippen molar-refractivity contribution in [1.82, 2.24) is 0 Å². The van der Waals surface area contributed by atoms with Crippen LogP contribution < -0.4 is 9.13 Å². The summed E-state index contributed by atoms with van der Waals surface area (Å²) < 4.78 is 5.69. The third kappa shape index (κ3) is 8.95. The van der Waals surface area contributed by atoms with Gasteiger partial charge in [0.25, 0.3) is 0 Å². The fraction of sp³-hybridized carbons (Fsp3) is 0.400. The fourth-order valence-electron chi connectivity index (χ4n) is 4.59. The number of rotatable bonds is 13. The Kier molecular flexibility index (Phi) is 13.2. The van der Waals surface area contributed by atoms with Gasteiger partial charge in [-0.2, -0.15) is 0 Å². The zero-order chi connectivity index (χ0) is 25.3. The second-order valence-corrected chi connectivity index (χ2v) is 16.6. The van der Waals surface area contributed by atoms with Crippen molar-refractivity contribution in [2.75, 3.05) is 0 Å². The van der Waals surface area contributed by atoms with E-state index >= 15 is 0 Å². The van der Waals surface area contributed by atoms with Gasteiger partial charge in [0.1, 0.15) is 14.1 Å². The first-order valence-electron chi connectivity index (χ1n) is 12.9. The quantitative estimate of drug-likeness (QED) is 0.0452. The minimum Gasteiger partial charge on any atom is -0.412 e. The number of halogens is 2. The van der Waals surface area contributed by atoms with Gasteiger partial charge < -0.3 is 5.48 Å². The van der Waals surface area contributed by atoms with Gasteiger partial charge in [-0.1, -0.05) is 108 Å². The minimum atomic E-state index is 0. The first-order chi connectivity index (χ1) is 17.5. The molecule has 0 amide bonds. The van der Waals surface area contributed by atoms with Crippen LogP contribution in [0.2, 0.25) is 0 Å². The van der Waals surface area contributed by atoms with Gasteiger partial charge in [0.15, 0.2) is 12.4 Å². The van der Waals surface area contributed by atoms with E-state index in [9.17, 15) is 0 Å². The number of thioether (sulfide) groups is 2. The van der Waals surface area contributed by atoms with Crippen LogP contribution in [0.5, 0.6) is 0 Å². The largest absolute Gasteiger partial charge is 0.412 e. The third-order valence-corrected chi connectivity index (χ3v) is 11.6. The maximum absolute atomic E-state index is 2.64. The van der Waals surface area contributed by atoms with Crippen molar-refractivity contribution in [2.45, 2.75) is 67.7 Å². The lowest BCUT2D eigenvalue weighted by Crippen LogP contribution is -2.28. The summed E-state index contributed by atoms with van der Waals surface area (Å²) in [5, 5.41) is 2.74. The molecule has 2 unspecified atom stereocenters. The van der Waals surface area contributed by atoms with Crippen molar-refractivity contribution in [2.24, 2.45) is 14.1 Å². The molecule has 7 heteroatoms. The molecule has 4 aromatic rings. The van der Waals surface area contributed by atoms with Crippen molar-refractivity contribution < 1.29 is 14.6 Å². The molecule has 2 aromatic heterocycles. The molecule has 0 saturated carbocycles. The van der Waals surface area contributed by atoms with Gasteiger partial charge in [-0.05, 0) is 25.0 Å². The predicted octanol–water partition coefficient (Wildman–Crippen LogP) is 8.34. The first-order valence-corrected chi connectivity index (χ1v) is 17.1. The van der Waals surface area contributed by atoms with E-state index in [2.05, 4.69) is 141 Å². The Balaban J connectivity index is 0.00000380. The second kappa shape index (κ2) is 15.8. The maximum Gasteiger partial charge on any atom is 0.213 e. The molecule has 3 nitrogen and oxygen atoms in total. The van der Waals surface area contributed by atoms with Crippen LogP contribution in [0.3, 0.4) is 0 Å². The van der Waals surface area contributed by atoms with E-state index in [0.29, 0.717) is 6.51 Å². The van der Waals surface area contributed by atoms with Crippen LogP contribution in [0, 0.1) is 0 Å². The fourth-order valence-corrected chi connectivity index (χ4v) is 9.12. The molecule has 4 rings (SSSR count). The summed E-state index contributed by atoms with van der Waals surface area (Å²) in [5.74, 6) is 0. The van der Waals surface area contributed by atoms with Crippen LogP contribution in [-0.2, 0) is 14.1 Å². The van der Waals surface area contributed by atoms with Crippen molar-refractivity contribution >= 4 is 90.5 Å². The van der Waals surface area contributed by atoms with Crippen molar-refractivity contribution in [3.63, 3.8) is 0 Å². The van der Waals surface area contributed by atoms with Crippen molar-refractivity contribution in [3.05, 3.63) is 73.1 Å². The Hall–Kier alpha value is -0.620. The Morgan fingerprint density at radius 1 is 0.595 bits per heavy atom. The summed E-state index contributed by atoms with van der Waals surface area (Å²) in [6, 6.07) is 22.0. The van der Waals surface area contributed by atoms with Gasteiger partial charge in [-0.15, -0.1) is 23.5 Å². The summed E-state index contributed by atoms with van der Waals surface area (Å²) >= 11 is 9.33. The number of aryl methyl sites for hydroxylation is 2. The standard InChI is InChI=1S/C30H36I2N2S2.H2O/c1-33-21-19-27(23-13-9-11-15-25(23)33)35-29(31)17-7-5-3-4-6-8-18-30(32)36-28-20-22-34(2)26-16-12-10-14-24(26)28;/h9-16,19-22,29-30H,3-8,17-18H2,1-2H3;1H2/q+2;. The molecule has 0 aliphatic rings. The summed E-state index contributed by atoms with van der Waals surface area (Å²) in [6.07, 6.45) is 15.1. The Labute approximate surface area is 257 Å². The van der Waals surface area contributed by atoms with Crippen molar-refractivity contribution in [1.29, 1.82) is 0 Å². The number of para-hydroxylation sites is 2.